The van der Waals surface area contributed by atoms with Gasteiger partial charge in [0.1, 0.15) is 0 Å². The summed E-state index contributed by atoms with van der Waals surface area (Å²) >= 11 is 0. The lowest BCUT2D eigenvalue weighted by Crippen LogP contribution is -2.09. The number of rotatable bonds is 5. The molecule has 1 atom stereocenters. The molecule has 0 amide bonds. The molecule has 0 heterocycles. The van der Waals surface area contributed by atoms with E-state index in [2.05, 4.69) is 18.7 Å². The Morgan fingerprint density at radius 2 is 2.00 bits per heavy atom. The van der Waals surface area contributed by atoms with Crippen LogP contribution >= 0.6 is 0 Å². The molecule has 0 fully saturated rings. The summed E-state index contributed by atoms with van der Waals surface area (Å²) in [5.41, 5.74) is 0. The Hall–Kier alpha value is -0.0800. The maximum atomic E-state index is 4.93. The maximum absolute atomic E-state index is 4.93. The summed E-state index contributed by atoms with van der Waals surface area (Å²) in [5.74, 6) is 0. The first-order valence-corrected chi connectivity index (χ1v) is 3.54. The van der Waals surface area contributed by atoms with Crippen LogP contribution in [0.2, 0.25) is 0 Å². The van der Waals surface area contributed by atoms with Gasteiger partial charge in [-0.1, -0.05) is 20.3 Å². The van der Waals surface area contributed by atoms with E-state index in [9.17, 15) is 0 Å². The monoisotopic (exact) mass is 132 g/mol. The van der Waals surface area contributed by atoms with E-state index in [1.807, 2.05) is 0 Å². The predicted octanol–water partition coefficient (Wildman–Crippen LogP) is 2.14. The van der Waals surface area contributed by atoms with E-state index < -0.39 is 0 Å². The highest BCUT2D eigenvalue weighted by Gasteiger charge is 2.03. The molecule has 2 heteroatoms. The van der Waals surface area contributed by atoms with Crippen molar-refractivity contribution in [3.63, 3.8) is 0 Å². The van der Waals surface area contributed by atoms with Gasteiger partial charge in [-0.25, -0.2) is 9.78 Å². The molecule has 0 aliphatic rings. The number of hydrogen-bond acceptors (Lipinski definition) is 2. The minimum Gasteiger partial charge on any atom is -0.240 e. The first-order chi connectivity index (χ1) is 4.35. The smallest absolute Gasteiger partial charge is 0.0927 e. The largest absolute Gasteiger partial charge is 0.240 e. The third kappa shape index (κ3) is 4.43. The van der Waals surface area contributed by atoms with Crippen molar-refractivity contribution >= 4 is 0 Å². The summed E-state index contributed by atoms with van der Waals surface area (Å²) in [6.45, 7) is 4.24. The van der Waals surface area contributed by atoms with Crippen LogP contribution in [0.3, 0.4) is 0 Å². The Kier molecular flexibility index (Phi) is 5.99. The van der Waals surface area contributed by atoms with Crippen LogP contribution < -0.4 is 0 Å². The molecule has 0 aliphatic heterocycles. The van der Waals surface area contributed by atoms with Crippen LogP contribution in [-0.4, -0.2) is 13.2 Å². The van der Waals surface area contributed by atoms with Crippen LogP contribution in [0.15, 0.2) is 0 Å². The molecular weight excluding hydrogens is 116 g/mol. The molecule has 0 rings (SSSR count). The van der Waals surface area contributed by atoms with Gasteiger partial charge < -0.3 is 0 Å². The van der Waals surface area contributed by atoms with Crippen molar-refractivity contribution in [2.45, 2.75) is 39.2 Å². The molecule has 1 unspecified atom stereocenters. The second-order valence-electron chi connectivity index (χ2n) is 2.08. The summed E-state index contributed by atoms with van der Waals surface area (Å²) in [7, 11) is 1.55. The van der Waals surface area contributed by atoms with E-state index >= 15 is 0 Å². The molecule has 0 saturated carbocycles. The van der Waals surface area contributed by atoms with Gasteiger partial charge in [0.15, 0.2) is 0 Å². The van der Waals surface area contributed by atoms with Crippen molar-refractivity contribution in [1.82, 2.24) is 0 Å². The molecule has 0 radical (unpaired) electrons. The Bertz CT molecular complexity index is 48.9. The second-order valence-corrected chi connectivity index (χ2v) is 2.08. The van der Waals surface area contributed by atoms with Gasteiger partial charge in [-0.2, -0.15) is 0 Å². The van der Waals surface area contributed by atoms with Gasteiger partial charge in [-0.15, -0.1) is 0 Å². The fraction of sp³-hybridized carbons (Fsp3) is 1.00. The normalized spacial score (nSPS) is 13.7. The van der Waals surface area contributed by atoms with E-state index in [0.717, 1.165) is 19.3 Å². The van der Waals surface area contributed by atoms with Crippen molar-refractivity contribution in [1.29, 1.82) is 0 Å². The van der Waals surface area contributed by atoms with Crippen molar-refractivity contribution in [2.75, 3.05) is 7.11 Å². The molecule has 0 saturated heterocycles. The van der Waals surface area contributed by atoms with Crippen molar-refractivity contribution in [2.24, 2.45) is 0 Å². The Morgan fingerprint density at radius 1 is 1.33 bits per heavy atom. The molecule has 0 aliphatic carbocycles. The molecule has 2 nitrogen and oxygen atoms in total. The third-order valence-electron chi connectivity index (χ3n) is 1.30. The first-order valence-electron chi connectivity index (χ1n) is 3.54. The van der Waals surface area contributed by atoms with Crippen molar-refractivity contribution in [3.05, 3.63) is 0 Å². The summed E-state index contributed by atoms with van der Waals surface area (Å²) in [6, 6.07) is 0. The average molecular weight is 132 g/mol. The predicted molar refractivity (Wildman–Crippen MR) is 37.1 cm³/mol. The van der Waals surface area contributed by atoms with Crippen LogP contribution in [0, 0.1) is 0 Å². The average Bonchev–Trinajstić information content (AvgIpc) is 1.88. The standard InChI is InChI=1S/C7H16O2/c1-4-6-7(5-2)9-8-3/h7H,4-6H2,1-3H3. The topological polar surface area (TPSA) is 18.5 Å². The van der Waals surface area contributed by atoms with Crippen LogP contribution in [0.5, 0.6) is 0 Å². The molecule has 9 heavy (non-hydrogen) atoms. The zero-order chi connectivity index (χ0) is 7.11. The molecular formula is C7H16O2. The Morgan fingerprint density at radius 3 is 2.33 bits per heavy atom. The molecule has 0 spiro atoms. The van der Waals surface area contributed by atoms with Crippen LogP contribution in [0.25, 0.3) is 0 Å². The lowest BCUT2D eigenvalue weighted by atomic mass is 10.2. The van der Waals surface area contributed by atoms with Crippen molar-refractivity contribution < 1.29 is 9.78 Å². The van der Waals surface area contributed by atoms with E-state index in [1.54, 1.807) is 7.11 Å². The molecule has 0 aromatic heterocycles. The van der Waals surface area contributed by atoms with Gasteiger partial charge in [0.05, 0.1) is 13.2 Å². The molecule has 0 N–H and O–H groups in total. The van der Waals surface area contributed by atoms with Gasteiger partial charge in [0, 0.05) is 0 Å². The van der Waals surface area contributed by atoms with Crippen LogP contribution in [0.1, 0.15) is 33.1 Å². The zero-order valence-electron chi connectivity index (χ0n) is 6.52. The summed E-state index contributed by atoms with van der Waals surface area (Å²) < 4.78 is 0. The number of hydrogen-bond donors (Lipinski definition) is 0. The molecule has 0 aromatic rings. The van der Waals surface area contributed by atoms with E-state index in [4.69, 9.17) is 4.89 Å². The SMILES string of the molecule is CCCC(CC)OOC. The fourth-order valence-electron chi connectivity index (χ4n) is 0.778. The van der Waals surface area contributed by atoms with Crippen LogP contribution in [0.4, 0.5) is 0 Å². The highest BCUT2D eigenvalue weighted by Crippen LogP contribution is 2.05. The van der Waals surface area contributed by atoms with E-state index in [-0.39, 0.29) is 0 Å². The summed E-state index contributed by atoms with van der Waals surface area (Å²) in [6.07, 6.45) is 3.56. The fourth-order valence-corrected chi connectivity index (χ4v) is 0.778. The van der Waals surface area contributed by atoms with Crippen LogP contribution in [-0.2, 0) is 9.78 Å². The maximum Gasteiger partial charge on any atom is 0.0927 e. The van der Waals surface area contributed by atoms with Gasteiger partial charge in [-0.3, -0.25) is 0 Å². The second kappa shape index (κ2) is 6.05. The summed E-state index contributed by atoms with van der Waals surface area (Å²) in [4.78, 5) is 9.48. The quantitative estimate of drug-likeness (QED) is 0.421. The van der Waals surface area contributed by atoms with E-state index in [0.29, 0.717) is 6.10 Å². The highest BCUT2D eigenvalue weighted by molar-refractivity contribution is 4.50. The minimum absolute atomic E-state index is 0.292. The lowest BCUT2D eigenvalue weighted by Gasteiger charge is -2.10. The van der Waals surface area contributed by atoms with E-state index in [1.165, 1.54) is 0 Å². The third-order valence-corrected chi connectivity index (χ3v) is 1.30. The Balaban J connectivity index is 3.18. The Labute approximate surface area is 57.1 Å². The van der Waals surface area contributed by atoms with Gasteiger partial charge in [-0.05, 0) is 12.8 Å². The summed E-state index contributed by atoms with van der Waals surface area (Å²) in [5, 5.41) is 0. The molecule has 0 aromatic carbocycles. The zero-order valence-corrected chi connectivity index (χ0v) is 6.52. The van der Waals surface area contributed by atoms with Gasteiger partial charge >= 0.3 is 0 Å². The molecule has 56 valence electrons. The molecule has 0 bridgehead atoms. The highest BCUT2D eigenvalue weighted by atomic mass is 17.2. The van der Waals surface area contributed by atoms with Gasteiger partial charge in [0.2, 0.25) is 0 Å². The minimum atomic E-state index is 0.292. The van der Waals surface area contributed by atoms with Crippen molar-refractivity contribution in [3.8, 4) is 0 Å². The van der Waals surface area contributed by atoms with Gasteiger partial charge in [0.25, 0.3) is 0 Å². The lowest BCUT2D eigenvalue weighted by molar-refractivity contribution is -0.306. The first kappa shape index (κ1) is 8.92.